The summed E-state index contributed by atoms with van der Waals surface area (Å²) in [5.74, 6) is 0. The molecule has 1 radical (unpaired) electrons. The SMILES string of the molecule is Cc1ccc(-n2c(C)[c]cc2C)cc1. The molecule has 1 heteroatoms. The quantitative estimate of drug-likeness (QED) is 0.641. The highest BCUT2D eigenvalue weighted by Gasteiger charge is 2.02. The van der Waals surface area contributed by atoms with Gasteiger partial charge < -0.3 is 4.57 Å². The Bertz CT molecular complexity index is 415. The molecule has 2 rings (SSSR count). The van der Waals surface area contributed by atoms with E-state index in [0.29, 0.717) is 0 Å². The van der Waals surface area contributed by atoms with Gasteiger partial charge in [-0.3, -0.25) is 0 Å². The van der Waals surface area contributed by atoms with Gasteiger partial charge in [0, 0.05) is 23.1 Å². The second-order valence-corrected chi connectivity index (χ2v) is 3.69. The van der Waals surface area contributed by atoms with Crippen LogP contribution in [-0.4, -0.2) is 4.57 Å². The van der Waals surface area contributed by atoms with Crippen molar-refractivity contribution in [2.45, 2.75) is 20.8 Å². The molecule has 1 aromatic heterocycles. The lowest BCUT2D eigenvalue weighted by Gasteiger charge is -2.09. The highest BCUT2D eigenvalue weighted by molar-refractivity contribution is 5.38. The molecule has 0 saturated heterocycles. The minimum atomic E-state index is 1.16. The lowest BCUT2D eigenvalue weighted by atomic mass is 10.2. The molecule has 0 bridgehead atoms. The molecule has 0 amide bonds. The summed E-state index contributed by atoms with van der Waals surface area (Å²) >= 11 is 0. The smallest absolute Gasteiger partial charge is 0.0455 e. The van der Waals surface area contributed by atoms with Crippen LogP contribution in [0.25, 0.3) is 5.69 Å². The van der Waals surface area contributed by atoms with Crippen molar-refractivity contribution in [3.8, 4) is 5.69 Å². The maximum absolute atomic E-state index is 3.21. The average Bonchev–Trinajstić information content (AvgIpc) is 2.49. The van der Waals surface area contributed by atoms with E-state index in [1.807, 2.05) is 6.07 Å². The first-order valence-corrected chi connectivity index (χ1v) is 4.82. The summed E-state index contributed by atoms with van der Waals surface area (Å²) in [7, 11) is 0. The molecule has 0 aliphatic rings. The summed E-state index contributed by atoms with van der Waals surface area (Å²) in [5, 5.41) is 0. The third-order valence-corrected chi connectivity index (χ3v) is 2.47. The van der Waals surface area contributed by atoms with E-state index in [4.69, 9.17) is 0 Å². The van der Waals surface area contributed by atoms with Gasteiger partial charge in [-0.1, -0.05) is 17.7 Å². The zero-order valence-corrected chi connectivity index (χ0v) is 8.83. The zero-order chi connectivity index (χ0) is 10.1. The van der Waals surface area contributed by atoms with E-state index >= 15 is 0 Å². The molecule has 14 heavy (non-hydrogen) atoms. The molecule has 1 aromatic carbocycles. The Kier molecular flexibility index (Phi) is 2.16. The van der Waals surface area contributed by atoms with Gasteiger partial charge in [0.25, 0.3) is 0 Å². The second kappa shape index (κ2) is 3.33. The Balaban J connectivity index is 2.54. The molecule has 0 spiro atoms. The van der Waals surface area contributed by atoms with Crippen molar-refractivity contribution < 1.29 is 0 Å². The van der Waals surface area contributed by atoms with Gasteiger partial charge in [-0.25, -0.2) is 0 Å². The maximum atomic E-state index is 3.21. The van der Waals surface area contributed by atoms with Crippen molar-refractivity contribution in [2.24, 2.45) is 0 Å². The van der Waals surface area contributed by atoms with Gasteiger partial charge >= 0.3 is 0 Å². The van der Waals surface area contributed by atoms with Crippen LogP contribution in [0.2, 0.25) is 0 Å². The summed E-state index contributed by atoms with van der Waals surface area (Å²) < 4.78 is 2.21. The largest absolute Gasteiger partial charge is 0.318 e. The van der Waals surface area contributed by atoms with Crippen LogP contribution in [0.4, 0.5) is 0 Å². The van der Waals surface area contributed by atoms with Crippen molar-refractivity contribution in [1.29, 1.82) is 0 Å². The standard InChI is InChI=1S/C13H14N/c1-10-4-8-13(9-5-10)14-11(2)6-7-12(14)3/h4-6,8-9H,1-3H3. The van der Waals surface area contributed by atoms with E-state index in [9.17, 15) is 0 Å². The molecule has 0 unspecified atom stereocenters. The summed E-state index contributed by atoms with van der Waals surface area (Å²) in [6.07, 6.45) is 0. The fourth-order valence-electron chi connectivity index (χ4n) is 1.69. The summed E-state index contributed by atoms with van der Waals surface area (Å²) in [6.45, 7) is 6.28. The summed E-state index contributed by atoms with van der Waals surface area (Å²) in [4.78, 5) is 0. The molecular formula is C13H14N. The predicted octanol–water partition coefficient (Wildman–Crippen LogP) is 3.20. The van der Waals surface area contributed by atoms with Gasteiger partial charge in [0.2, 0.25) is 0 Å². The van der Waals surface area contributed by atoms with E-state index in [2.05, 4.69) is 55.7 Å². The third kappa shape index (κ3) is 1.46. The molecule has 0 aliphatic heterocycles. The minimum absolute atomic E-state index is 1.16. The number of nitrogens with zero attached hydrogens (tertiary/aromatic N) is 1. The van der Waals surface area contributed by atoms with Gasteiger partial charge in [-0.15, -0.1) is 0 Å². The van der Waals surface area contributed by atoms with E-state index < -0.39 is 0 Å². The van der Waals surface area contributed by atoms with Gasteiger partial charge in [0.05, 0.1) is 0 Å². The highest BCUT2D eigenvalue weighted by atomic mass is 15.0. The molecule has 1 heterocycles. The predicted molar refractivity (Wildman–Crippen MR) is 58.8 cm³/mol. The normalized spacial score (nSPS) is 10.5. The van der Waals surface area contributed by atoms with Crippen LogP contribution in [0.3, 0.4) is 0 Å². The number of aryl methyl sites for hydroxylation is 3. The fourth-order valence-corrected chi connectivity index (χ4v) is 1.69. The molecule has 0 aliphatic carbocycles. The number of rotatable bonds is 1. The number of benzene rings is 1. The van der Waals surface area contributed by atoms with Gasteiger partial charge in [-0.2, -0.15) is 0 Å². The molecule has 71 valence electrons. The Morgan fingerprint density at radius 3 is 2.14 bits per heavy atom. The minimum Gasteiger partial charge on any atom is -0.318 e. The lowest BCUT2D eigenvalue weighted by molar-refractivity contribution is 0.964. The lowest BCUT2D eigenvalue weighted by Crippen LogP contribution is -1.98. The van der Waals surface area contributed by atoms with Crippen molar-refractivity contribution in [3.63, 3.8) is 0 Å². The Morgan fingerprint density at radius 1 is 1.00 bits per heavy atom. The molecule has 2 aromatic rings. The van der Waals surface area contributed by atoms with Crippen molar-refractivity contribution in [3.05, 3.63) is 53.3 Å². The first kappa shape index (κ1) is 9.07. The van der Waals surface area contributed by atoms with Crippen LogP contribution >= 0.6 is 0 Å². The fraction of sp³-hybridized carbons (Fsp3) is 0.231. The average molecular weight is 184 g/mol. The molecule has 0 N–H and O–H groups in total. The molecule has 0 saturated carbocycles. The highest BCUT2D eigenvalue weighted by Crippen LogP contribution is 2.15. The maximum Gasteiger partial charge on any atom is 0.0455 e. The Morgan fingerprint density at radius 2 is 1.64 bits per heavy atom. The van der Waals surface area contributed by atoms with Crippen LogP contribution in [0.1, 0.15) is 17.0 Å². The van der Waals surface area contributed by atoms with E-state index in [1.54, 1.807) is 0 Å². The van der Waals surface area contributed by atoms with Crippen LogP contribution in [0, 0.1) is 26.8 Å². The molecule has 0 atom stereocenters. The molecular weight excluding hydrogens is 170 g/mol. The van der Waals surface area contributed by atoms with Crippen LogP contribution < -0.4 is 0 Å². The van der Waals surface area contributed by atoms with Crippen molar-refractivity contribution in [2.75, 3.05) is 0 Å². The number of aromatic nitrogens is 1. The van der Waals surface area contributed by atoms with Gasteiger partial charge in [-0.05, 0) is 39.0 Å². The third-order valence-electron chi connectivity index (χ3n) is 2.47. The zero-order valence-electron chi connectivity index (χ0n) is 8.83. The summed E-state index contributed by atoms with van der Waals surface area (Å²) in [5.41, 5.74) is 4.89. The van der Waals surface area contributed by atoms with Crippen LogP contribution in [-0.2, 0) is 0 Å². The van der Waals surface area contributed by atoms with E-state index in [0.717, 1.165) is 5.69 Å². The van der Waals surface area contributed by atoms with Gasteiger partial charge in [0.1, 0.15) is 0 Å². The first-order chi connectivity index (χ1) is 6.68. The van der Waals surface area contributed by atoms with E-state index in [-0.39, 0.29) is 0 Å². The topological polar surface area (TPSA) is 4.93 Å². The van der Waals surface area contributed by atoms with E-state index in [1.165, 1.54) is 16.9 Å². The Hall–Kier alpha value is -1.50. The first-order valence-electron chi connectivity index (χ1n) is 4.82. The molecule has 0 fully saturated rings. The van der Waals surface area contributed by atoms with Crippen molar-refractivity contribution in [1.82, 2.24) is 4.57 Å². The summed E-state index contributed by atoms with van der Waals surface area (Å²) in [6, 6.07) is 13.8. The number of hydrogen-bond acceptors (Lipinski definition) is 0. The Labute approximate surface area is 85.0 Å². The van der Waals surface area contributed by atoms with Crippen molar-refractivity contribution >= 4 is 0 Å². The second-order valence-electron chi connectivity index (χ2n) is 3.69. The van der Waals surface area contributed by atoms with Gasteiger partial charge in [0.15, 0.2) is 0 Å². The van der Waals surface area contributed by atoms with Crippen LogP contribution in [0.15, 0.2) is 30.3 Å². The molecule has 1 nitrogen and oxygen atoms in total. The number of hydrogen-bond donors (Lipinski definition) is 0. The monoisotopic (exact) mass is 184 g/mol. The van der Waals surface area contributed by atoms with Crippen LogP contribution in [0.5, 0.6) is 0 Å².